The van der Waals surface area contributed by atoms with Crippen LogP contribution in [0.1, 0.15) is 12.8 Å². The first-order chi connectivity index (χ1) is 9.60. The number of aliphatic hydroxyl groups excluding tert-OH is 1. The van der Waals surface area contributed by atoms with E-state index < -0.39 is 0 Å². The fourth-order valence-electron chi connectivity index (χ4n) is 2.34. The molecule has 1 N–H and O–H groups in total. The number of carbonyl (C=O) groups is 1. The first-order valence-corrected chi connectivity index (χ1v) is 7.19. The summed E-state index contributed by atoms with van der Waals surface area (Å²) in [5.74, 6) is 1.17. The third-order valence-corrected chi connectivity index (χ3v) is 3.92. The fraction of sp³-hybridized carbons (Fsp3) is 0.571. The number of pyridine rings is 1. The highest BCUT2D eigenvalue weighted by Crippen LogP contribution is 2.17. The third kappa shape index (κ3) is 3.84. The Morgan fingerprint density at radius 2 is 2.20 bits per heavy atom. The average molecular weight is 298 g/mol. The number of piperidine rings is 1. The van der Waals surface area contributed by atoms with Crippen molar-refractivity contribution in [3.63, 3.8) is 0 Å². The van der Waals surface area contributed by atoms with Crippen LogP contribution >= 0.6 is 11.6 Å². The van der Waals surface area contributed by atoms with Gasteiger partial charge in [0.1, 0.15) is 5.82 Å². The molecule has 1 aliphatic heterocycles. The molecule has 1 saturated heterocycles. The number of carbonyl (C=O) groups excluding carboxylic acids is 1. The van der Waals surface area contributed by atoms with E-state index in [2.05, 4.69) is 4.98 Å². The van der Waals surface area contributed by atoms with Gasteiger partial charge in [-0.1, -0.05) is 11.6 Å². The van der Waals surface area contributed by atoms with Crippen LogP contribution in [0.3, 0.4) is 0 Å². The van der Waals surface area contributed by atoms with Crippen molar-refractivity contribution >= 4 is 23.3 Å². The van der Waals surface area contributed by atoms with Crippen molar-refractivity contribution < 1.29 is 9.90 Å². The van der Waals surface area contributed by atoms with E-state index in [0.717, 1.165) is 31.7 Å². The SMILES string of the molecule is CN(CC(=O)N1CCC(CO)CC1)c1ccc(Cl)cn1. The smallest absolute Gasteiger partial charge is 0.242 e. The van der Waals surface area contributed by atoms with Crippen LogP contribution in [-0.2, 0) is 4.79 Å². The fourth-order valence-corrected chi connectivity index (χ4v) is 2.45. The zero-order valence-electron chi connectivity index (χ0n) is 11.6. The topological polar surface area (TPSA) is 56.7 Å². The first kappa shape index (κ1) is 15.1. The maximum atomic E-state index is 12.2. The normalized spacial score (nSPS) is 16.2. The molecular formula is C14H20ClN3O2. The van der Waals surface area contributed by atoms with Gasteiger partial charge in [0.2, 0.25) is 5.91 Å². The standard InChI is InChI=1S/C14H20ClN3O2/c1-17(13-3-2-12(15)8-16-13)9-14(20)18-6-4-11(10-19)5-7-18/h2-3,8,11,19H,4-7,9-10H2,1H3. The van der Waals surface area contributed by atoms with Crippen molar-refractivity contribution in [1.29, 1.82) is 0 Å². The predicted molar refractivity (Wildman–Crippen MR) is 78.9 cm³/mol. The third-order valence-electron chi connectivity index (χ3n) is 3.70. The number of aliphatic hydroxyl groups is 1. The number of hydrogen-bond acceptors (Lipinski definition) is 4. The molecule has 1 amide bonds. The Morgan fingerprint density at radius 1 is 1.50 bits per heavy atom. The van der Waals surface area contributed by atoms with Gasteiger partial charge in [-0.15, -0.1) is 0 Å². The Balaban J connectivity index is 1.86. The second kappa shape index (κ2) is 6.90. The van der Waals surface area contributed by atoms with Gasteiger partial charge < -0.3 is 14.9 Å². The summed E-state index contributed by atoms with van der Waals surface area (Å²) in [7, 11) is 1.84. The van der Waals surface area contributed by atoms with Gasteiger partial charge in [-0.3, -0.25) is 4.79 Å². The molecule has 1 fully saturated rings. The number of likely N-dealkylation sites (N-methyl/N-ethyl adjacent to an activating group) is 1. The Morgan fingerprint density at radius 3 is 2.75 bits per heavy atom. The van der Waals surface area contributed by atoms with Gasteiger partial charge in [0, 0.05) is 32.9 Å². The zero-order valence-corrected chi connectivity index (χ0v) is 12.4. The summed E-state index contributed by atoms with van der Waals surface area (Å²) in [5, 5.41) is 9.68. The van der Waals surface area contributed by atoms with Gasteiger partial charge in [0.15, 0.2) is 0 Å². The summed E-state index contributed by atoms with van der Waals surface area (Å²) in [6.07, 6.45) is 3.33. The summed E-state index contributed by atoms with van der Waals surface area (Å²) in [5.41, 5.74) is 0. The number of likely N-dealkylation sites (tertiary alicyclic amines) is 1. The monoisotopic (exact) mass is 297 g/mol. The molecule has 0 spiro atoms. The largest absolute Gasteiger partial charge is 0.396 e. The van der Waals surface area contributed by atoms with E-state index in [9.17, 15) is 4.79 Å². The highest BCUT2D eigenvalue weighted by atomic mass is 35.5. The van der Waals surface area contributed by atoms with Crippen molar-refractivity contribution in [2.24, 2.45) is 5.92 Å². The Hall–Kier alpha value is -1.33. The molecule has 2 heterocycles. The van der Waals surface area contributed by atoms with Gasteiger partial charge in [0.05, 0.1) is 11.6 Å². The van der Waals surface area contributed by atoms with E-state index in [0.29, 0.717) is 17.5 Å². The van der Waals surface area contributed by atoms with Crippen LogP contribution in [0.15, 0.2) is 18.3 Å². The van der Waals surface area contributed by atoms with Crippen molar-refractivity contribution in [3.05, 3.63) is 23.4 Å². The molecule has 5 nitrogen and oxygen atoms in total. The molecular weight excluding hydrogens is 278 g/mol. The predicted octanol–water partition coefficient (Wildman–Crippen LogP) is 1.40. The summed E-state index contributed by atoms with van der Waals surface area (Å²) in [6, 6.07) is 3.56. The number of halogens is 1. The minimum atomic E-state index is 0.0978. The van der Waals surface area contributed by atoms with Crippen molar-refractivity contribution in [2.75, 3.05) is 38.2 Å². The molecule has 1 aromatic heterocycles. The maximum Gasteiger partial charge on any atom is 0.242 e. The molecule has 20 heavy (non-hydrogen) atoms. The quantitative estimate of drug-likeness (QED) is 0.913. The van der Waals surface area contributed by atoms with Crippen LogP contribution in [0.2, 0.25) is 5.02 Å². The lowest BCUT2D eigenvalue weighted by atomic mass is 9.98. The van der Waals surface area contributed by atoms with Gasteiger partial charge in [-0.05, 0) is 30.9 Å². The molecule has 6 heteroatoms. The lowest BCUT2D eigenvalue weighted by molar-refractivity contribution is -0.131. The van der Waals surface area contributed by atoms with Crippen molar-refractivity contribution in [2.45, 2.75) is 12.8 Å². The average Bonchev–Trinajstić information content (AvgIpc) is 2.48. The van der Waals surface area contributed by atoms with Crippen LogP contribution in [0.5, 0.6) is 0 Å². The summed E-state index contributed by atoms with van der Waals surface area (Å²) >= 11 is 5.79. The number of anilines is 1. The van der Waals surface area contributed by atoms with Gasteiger partial charge in [-0.2, -0.15) is 0 Å². The van der Waals surface area contributed by atoms with E-state index in [1.807, 2.05) is 16.8 Å². The maximum absolute atomic E-state index is 12.2. The Kier molecular flexibility index (Phi) is 5.20. The molecule has 0 aromatic carbocycles. The molecule has 1 aromatic rings. The van der Waals surface area contributed by atoms with E-state index in [1.165, 1.54) is 0 Å². The van der Waals surface area contributed by atoms with Crippen molar-refractivity contribution in [1.82, 2.24) is 9.88 Å². The first-order valence-electron chi connectivity index (χ1n) is 6.81. The number of hydrogen-bond donors (Lipinski definition) is 1. The summed E-state index contributed by atoms with van der Waals surface area (Å²) < 4.78 is 0. The van der Waals surface area contributed by atoms with Crippen LogP contribution in [0.25, 0.3) is 0 Å². The number of aromatic nitrogens is 1. The molecule has 0 radical (unpaired) electrons. The Labute approximate surface area is 124 Å². The van der Waals surface area contributed by atoms with E-state index >= 15 is 0 Å². The molecule has 0 saturated carbocycles. The second-order valence-corrected chi connectivity index (χ2v) is 5.63. The molecule has 2 rings (SSSR count). The molecule has 110 valence electrons. The molecule has 0 atom stereocenters. The summed E-state index contributed by atoms with van der Waals surface area (Å²) in [6.45, 7) is 1.98. The van der Waals surface area contributed by atoms with Gasteiger partial charge in [0.25, 0.3) is 0 Å². The zero-order chi connectivity index (χ0) is 14.5. The lowest BCUT2D eigenvalue weighted by Crippen LogP contribution is -2.44. The molecule has 0 bridgehead atoms. The minimum Gasteiger partial charge on any atom is -0.396 e. The Bertz CT molecular complexity index is 444. The van der Waals surface area contributed by atoms with Crippen LogP contribution in [0, 0.1) is 5.92 Å². The van der Waals surface area contributed by atoms with Crippen LogP contribution in [0.4, 0.5) is 5.82 Å². The van der Waals surface area contributed by atoms with Gasteiger partial charge >= 0.3 is 0 Å². The molecule has 0 aliphatic carbocycles. The van der Waals surface area contributed by atoms with Crippen molar-refractivity contribution in [3.8, 4) is 0 Å². The minimum absolute atomic E-state index is 0.0978. The number of amides is 1. The number of nitrogens with zero attached hydrogens (tertiary/aromatic N) is 3. The highest BCUT2D eigenvalue weighted by molar-refractivity contribution is 6.30. The number of rotatable bonds is 4. The molecule has 1 aliphatic rings. The highest BCUT2D eigenvalue weighted by Gasteiger charge is 2.23. The summed E-state index contributed by atoms with van der Waals surface area (Å²) in [4.78, 5) is 20.1. The van der Waals surface area contributed by atoms with Crippen LogP contribution in [-0.4, -0.2) is 54.2 Å². The van der Waals surface area contributed by atoms with Crippen LogP contribution < -0.4 is 4.90 Å². The lowest BCUT2D eigenvalue weighted by Gasteiger charge is -2.32. The van der Waals surface area contributed by atoms with E-state index in [-0.39, 0.29) is 12.5 Å². The van der Waals surface area contributed by atoms with E-state index in [4.69, 9.17) is 16.7 Å². The van der Waals surface area contributed by atoms with Gasteiger partial charge in [-0.25, -0.2) is 4.98 Å². The molecule has 0 unspecified atom stereocenters. The van der Waals surface area contributed by atoms with E-state index in [1.54, 1.807) is 18.3 Å². The second-order valence-electron chi connectivity index (χ2n) is 5.20.